The Balaban J connectivity index is 2.31. The predicted molar refractivity (Wildman–Crippen MR) is 67.1 cm³/mol. The van der Waals surface area contributed by atoms with Gasteiger partial charge >= 0.3 is 0 Å². The molecule has 0 saturated heterocycles. The SMILES string of the molecule is C=CC[C@@]1(C)CC[C@H]2C(C)=CC[C@]2(C)C1=O. The lowest BCUT2D eigenvalue weighted by Crippen LogP contribution is -2.47. The molecule has 0 aliphatic heterocycles. The molecule has 1 heteroatoms. The highest BCUT2D eigenvalue weighted by Crippen LogP contribution is 2.55. The zero-order valence-electron chi connectivity index (χ0n) is 10.7. The number of hydrogen-bond acceptors (Lipinski definition) is 1. The minimum atomic E-state index is -0.161. The molecule has 0 spiro atoms. The highest BCUT2D eigenvalue weighted by molar-refractivity contribution is 5.92. The molecule has 2 rings (SSSR count). The smallest absolute Gasteiger partial charge is 0.145 e. The summed E-state index contributed by atoms with van der Waals surface area (Å²) in [4.78, 5) is 12.7. The van der Waals surface area contributed by atoms with Crippen molar-refractivity contribution in [2.45, 2.75) is 46.5 Å². The van der Waals surface area contributed by atoms with E-state index in [1.165, 1.54) is 5.57 Å². The first-order valence-corrected chi connectivity index (χ1v) is 6.26. The summed E-state index contributed by atoms with van der Waals surface area (Å²) in [5.74, 6) is 0.960. The van der Waals surface area contributed by atoms with Gasteiger partial charge in [0, 0.05) is 10.8 Å². The molecule has 0 aromatic rings. The van der Waals surface area contributed by atoms with Gasteiger partial charge in [-0.05, 0) is 38.5 Å². The van der Waals surface area contributed by atoms with Crippen LogP contribution in [-0.2, 0) is 4.79 Å². The molecule has 2 aliphatic carbocycles. The molecule has 0 unspecified atom stereocenters. The highest BCUT2D eigenvalue weighted by Gasteiger charge is 2.54. The number of carbonyl (C=O) groups excluding carboxylic acids is 1. The van der Waals surface area contributed by atoms with E-state index >= 15 is 0 Å². The lowest BCUT2D eigenvalue weighted by molar-refractivity contribution is -0.144. The van der Waals surface area contributed by atoms with Crippen molar-refractivity contribution in [2.24, 2.45) is 16.7 Å². The molecule has 0 radical (unpaired) electrons. The molecular formula is C15H22O. The van der Waals surface area contributed by atoms with Crippen LogP contribution in [0.3, 0.4) is 0 Å². The third kappa shape index (κ3) is 1.41. The van der Waals surface area contributed by atoms with Gasteiger partial charge in [0.15, 0.2) is 0 Å². The summed E-state index contributed by atoms with van der Waals surface area (Å²) in [6.07, 6.45) is 8.11. The van der Waals surface area contributed by atoms with Gasteiger partial charge in [0.25, 0.3) is 0 Å². The summed E-state index contributed by atoms with van der Waals surface area (Å²) >= 11 is 0. The van der Waals surface area contributed by atoms with Gasteiger partial charge in [-0.1, -0.05) is 31.6 Å². The summed E-state index contributed by atoms with van der Waals surface area (Å²) in [6.45, 7) is 10.2. The second-order valence-electron chi connectivity index (χ2n) is 6.04. The first-order valence-electron chi connectivity index (χ1n) is 6.26. The zero-order chi connectivity index (χ0) is 12.0. The minimum absolute atomic E-state index is 0.125. The highest BCUT2D eigenvalue weighted by atomic mass is 16.1. The molecular weight excluding hydrogens is 196 g/mol. The van der Waals surface area contributed by atoms with E-state index in [0.717, 1.165) is 25.7 Å². The normalized spacial score (nSPS) is 42.8. The summed E-state index contributed by atoms with van der Waals surface area (Å²) < 4.78 is 0. The Morgan fingerprint density at radius 3 is 2.88 bits per heavy atom. The maximum Gasteiger partial charge on any atom is 0.145 e. The third-order valence-electron chi connectivity index (χ3n) is 4.81. The van der Waals surface area contributed by atoms with E-state index in [9.17, 15) is 4.79 Å². The molecule has 1 saturated carbocycles. The van der Waals surface area contributed by atoms with Crippen LogP contribution in [0.15, 0.2) is 24.3 Å². The van der Waals surface area contributed by atoms with E-state index in [2.05, 4.69) is 33.4 Å². The van der Waals surface area contributed by atoms with E-state index in [-0.39, 0.29) is 10.8 Å². The van der Waals surface area contributed by atoms with Gasteiger partial charge in [0.1, 0.15) is 5.78 Å². The van der Waals surface area contributed by atoms with Gasteiger partial charge in [-0.3, -0.25) is 4.79 Å². The molecule has 16 heavy (non-hydrogen) atoms. The Labute approximate surface area is 98.6 Å². The Morgan fingerprint density at radius 2 is 2.25 bits per heavy atom. The van der Waals surface area contributed by atoms with Crippen LogP contribution in [0.4, 0.5) is 0 Å². The number of Topliss-reactive ketones (excluding diaryl/α,β-unsaturated/α-hetero) is 1. The van der Waals surface area contributed by atoms with Crippen molar-refractivity contribution < 1.29 is 4.79 Å². The average Bonchev–Trinajstić information content (AvgIpc) is 2.52. The quantitative estimate of drug-likeness (QED) is 0.642. The fourth-order valence-electron chi connectivity index (χ4n) is 3.74. The van der Waals surface area contributed by atoms with Crippen molar-refractivity contribution >= 4 is 5.78 Å². The van der Waals surface area contributed by atoms with Crippen molar-refractivity contribution in [3.8, 4) is 0 Å². The van der Waals surface area contributed by atoms with E-state index < -0.39 is 0 Å². The molecule has 0 aromatic carbocycles. The number of fused-ring (bicyclic) bond motifs is 1. The van der Waals surface area contributed by atoms with E-state index in [4.69, 9.17) is 0 Å². The van der Waals surface area contributed by atoms with E-state index in [0.29, 0.717) is 11.7 Å². The largest absolute Gasteiger partial charge is 0.298 e. The van der Waals surface area contributed by atoms with Gasteiger partial charge in [0.05, 0.1) is 0 Å². The maximum absolute atomic E-state index is 12.7. The molecule has 0 aromatic heterocycles. The van der Waals surface area contributed by atoms with E-state index in [1.807, 2.05) is 6.08 Å². The van der Waals surface area contributed by atoms with Gasteiger partial charge in [-0.25, -0.2) is 0 Å². The second kappa shape index (κ2) is 3.58. The Hall–Kier alpha value is -0.850. The van der Waals surface area contributed by atoms with Crippen LogP contribution < -0.4 is 0 Å². The number of rotatable bonds is 2. The summed E-state index contributed by atoms with van der Waals surface area (Å²) in [6, 6.07) is 0. The Bertz CT molecular complexity index is 366. The molecule has 0 amide bonds. The van der Waals surface area contributed by atoms with Crippen LogP contribution in [0.2, 0.25) is 0 Å². The number of carbonyl (C=O) groups is 1. The van der Waals surface area contributed by atoms with Crippen molar-refractivity contribution in [1.82, 2.24) is 0 Å². The molecule has 2 aliphatic rings. The van der Waals surface area contributed by atoms with Crippen molar-refractivity contribution in [3.05, 3.63) is 24.3 Å². The van der Waals surface area contributed by atoms with Crippen molar-refractivity contribution in [2.75, 3.05) is 0 Å². The van der Waals surface area contributed by atoms with Crippen LogP contribution >= 0.6 is 0 Å². The second-order valence-corrected chi connectivity index (χ2v) is 6.04. The van der Waals surface area contributed by atoms with Gasteiger partial charge in [-0.2, -0.15) is 0 Å². The van der Waals surface area contributed by atoms with E-state index in [1.54, 1.807) is 0 Å². The van der Waals surface area contributed by atoms with Crippen LogP contribution in [0.25, 0.3) is 0 Å². The molecule has 1 nitrogen and oxygen atoms in total. The molecule has 88 valence electrons. The summed E-state index contributed by atoms with van der Waals surface area (Å²) in [7, 11) is 0. The first kappa shape index (κ1) is 11.6. The maximum atomic E-state index is 12.7. The molecule has 3 atom stereocenters. The molecule has 1 fully saturated rings. The number of allylic oxidation sites excluding steroid dienone is 3. The van der Waals surface area contributed by atoms with Crippen molar-refractivity contribution in [3.63, 3.8) is 0 Å². The number of hydrogen-bond donors (Lipinski definition) is 0. The van der Waals surface area contributed by atoms with Crippen LogP contribution in [0, 0.1) is 16.7 Å². The topological polar surface area (TPSA) is 17.1 Å². The summed E-state index contributed by atoms with van der Waals surface area (Å²) in [5, 5.41) is 0. The van der Waals surface area contributed by atoms with Crippen LogP contribution in [0.1, 0.15) is 46.5 Å². The third-order valence-corrected chi connectivity index (χ3v) is 4.81. The van der Waals surface area contributed by atoms with Gasteiger partial charge in [0.2, 0.25) is 0 Å². The average molecular weight is 218 g/mol. The molecule has 0 heterocycles. The number of ketones is 1. The lowest BCUT2D eigenvalue weighted by Gasteiger charge is -2.45. The fraction of sp³-hybridized carbons (Fsp3) is 0.667. The molecule has 0 bridgehead atoms. The molecule has 0 N–H and O–H groups in total. The van der Waals surface area contributed by atoms with Crippen LogP contribution in [-0.4, -0.2) is 5.78 Å². The fourth-order valence-corrected chi connectivity index (χ4v) is 3.74. The lowest BCUT2D eigenvalue weighted by atomic mass is 9.56. The van der Waals surface area contributed by atoms with Crippen LogP contribution in [0.5, 0.6) is 0 Å². The predicted octanol–water partition coefficient (Wildman–Crippen LogP) is 3.90. The zero-order valence-corrected chi connectivity index (χ0v) is 10.7. The Kier molecular flexibility index (Phi) is 2.60. The van der Waals surface area contributed by atoms with Gasteiger partial charge < -0.3 is 0 Å². The standard InChI is InChI=1S/C15H22O/c1-5-8-14(3)9-7-12-11(2)6-10-15(12,4)13(14)16/h5-6,12H,1,7-10H2,2-4H3/t12-,14-,15-/m0/s1. The van der Waals surface area contributed by atoms with Crippen molar-refractivity contribution in [1.29, 1.82) is 0 Å². The van der Waals surface area contributed by atoms with Gasteiger partial charge in [-0.15, -0.1) is 6.58 Å². The monoisotopic (exact) mass is 218 g/mol. The summed E-state index contributed by atoms with van der Waals surface area (Å²) in [5.41, 5.74) is 1.14. The Morgan fingerprint density at radius 1 is 1.56 bits per heavy atom. The minimum Gasteiger partial charge on any atom is -0.298 e. The first-order chi connectivity index (χ1) is 7.44.